The van der Waals surface area contributed by atoms with Crippen molar-refractivity contribution in [3.8, 4) is 0 Å². The highest BCUT2D eigenvalue weighted by atomic mass is 79.9. The molecule has 6 nitrogen and oxygen atoms in total. The van der Waals surface area contributed by atoms with Crippen LogP contribution in [0.15, 0.2) is 22.0 Å². The van der Waals surface area contributed by atoms with Gasteiger partial charge in [0.1, 0.15) is 6.61 Å². The summed E-state index contributed by atoms with van der Waals surface area (Å²) in [6.45, 7) is 2.77. The fraction of sp³-hybridized carbons (Fsp3) is 0.583. The van der Waals surface area contributed by atoms with Gasteiger partial charge in [-0.3, -0.25) is 0 Å². The maximum Gasteiger partial charge on any atom is 0.225 e. The molecule has 110 valence electrons. The van der Waals surface area contributed by atoms with Gasteiger partial charge in [0, 0.05) is 44.6 Å². The Labute approximate surface area is 131 Å². The van der Waals surface area contributed by atoms with Crippen LogP contribution >= 0.6 is 28.0 Å². The molecule has 0 aliphatic carbocycles. The van der Waals surface area contributed by atoms with Gasteiger partial charge in [0.25, 0.3) is 0 Å². The Balaban J connectivity index is 1.74. The largest absolute Gasteiger partial charge is 0.393 e. The predicted molar refractivity (Wildman–Crippen MR) is 84.0 cm³/mol. The molecule has 0 unspecified atom stereocenters. The Morgan fingerprint density at radius 3 is 2.65 bits per heavy atom. The van der Waals surface area contributed by atoms with Crippen molar-refractivity contribution in [1.82, 2.24) is 9.97 Å². The molecule has 1 aliphatic rings. The fourth-order valence-corrected chi connectivity index (χ4v) is 2.26. The Kier molecular flexibility index (Phi) is 6.55. The summed E-state index contributed by atoms with van der Waals surface area (Å²) < 4.78 is 5.99. The average molecular weight is 361 g/mol. The Morgan fingerprint density at radius 2 is 2.00 bits per heavy atom. The normalized spacial score (nSPS) is 15.3. The number of hydrogen-bond donors (Lipinski definition) is 0. The second-order valence-corrected chi connectivity index (χ2v) is 5.65. The standard InChI is InChI=1S/C12H17BrN4O2S/c1-20-19-7-6-18-16-11-2-4-17(5-3-11)12-14-8-10(13)9-15-12/h8-9H,2-7H2,1H3. The van der Waals surface area contributed by atoms with E-state index < -0.39 is 0 Å². The summed E-state index contributed by atoms with van der Waals surface area (Å²) in [5.41, 5.74) is 1.09. The van der Waals surface area contributed by atoms with E-state index in [0.717, 1.165) is 42.1 Å². The SMILES string of the molecule is CSOCCON=C1CCN(c2ncc(Br)cn2)CC1. The van der Waals surface area contributed by atoms with Crippen LogP contribution in [-0.4, -0.2) is 48.2 Å². The van der Waals surface area contributed by atoms with Gasteiger partial charge >= 0.3 is 0 Å². The first-order valence-corrected chi connectivity index (χ1v) is 8.29. The van der Waals surface area contributed by atoms with Crippen LogP contribution in [0.5, 0.6) is 0 Å². The number of piperidine rings is 1. The molecule has 0 aromatic carbocycles. The zero-order valence-corrected chi connectivity index (χ0v) is 13.7. The predicted octanol–water partition coefficient (Wildman–Crippen LogP) is 2.51. The van der Waals surface area contributed by atoms with Crippen molar-refractivity contribution in [3.05, 3.63) is 16.9 Å². The monoisotopic (exact) mass is 360 g/mol. The first kappa shape index (κ1) is 15.5. The number of hydrogen-bond acceptors (Lipinski definition) is 7. The van der Waals surface area contributed by atoms with Crippen molar-refractivity contribution in [3.63, 3.8) is 0 Å². The summed E-state index contributed by atoms with van der Waals surface area (Å²) in [4.78, 5) is 16.0. The summed E-state index contributed by atoms with van der Waals surface area (Å²) in [5.74, 6) is 0.765. The van der Waals surface area contributed by atoms with Gasteiger partial charge in [-0.1, -0.05) is 5.16 Å². The van der Waals surface area contributed by atoms with Crippen molar-refractivity contribution in [2.24, 2.45) is 5.16 Å². The molecule has 0 amide bonds. The molecule has 1 aromatic rings. The van der Waals surface area contributed by atoms with Gasteiger partial charge in [-0.05, 0) is 28.0 Å². The van der Waals surface area contributed by atoms with Gasteiger partial charge < -0.3 is 13.9 Å². The van der Waals surface area contributed by atoms with Crippen molar-refractivity contribution in [2.45, 2.75) is 12.8 Å². The molecular formula is C12H17BrN4O2S. The molecular weight excluding hydrogens is 344 g/mol. The van der Waals surface area contributed by atoms with Gasteiger partial charge in [-0.15, -0.1) is 0 Å². The molecule has 1 aromatic heterocycles. The maximum absolute atomic E-state index is 5.23. The summed E-state index contributed by atoms with van der Waals surface area (Å²) >= 11 is 4.67. The van der Waals surface area contributed by atoms with E-state index in [0.29, 0.717) is 13.2 Å². The molecule has 1 saturated heterocycles. The summed E-state index contributed by atoms with van der Waals surface area (Å²) in [7, 11) is 0. The molecule has 20 heavy (non-hydrogen) atoms. The molecule has 0 spiro atoms. The lowest BCUT2D eigenvalue weighted by Crippen LogP contribution is -2.35. The van der Waals surface area contributed by atoms with E-state index in [1.807, 2.05) is 6.26 Å². The second kappa shape index (κ2) is 8.43. The minimum atomic E-state index is 0.490. The molecule has 0 N–H and O–H groups in total. The van der Waals surface area contributed by atoms with Crippen LogP contribution in [0, 0.1) is 0 Å². The number of nitrogens with zero attached hydrogens (tertiary/aromatic N) is 4. The van der Waals surface area contributed by atoms with E-state index in [-0.39, 0.29) is 0 Å². The van der Waals surface area contributed by atoms with Crippen LogP contribution in [0.4, 0.5) is 5.95 Å². The summed E-state index contributed by atoms with van der Waals surface area (Å²) in [5, 5.41) is 4.15. The van der Waals surface area contributed by atoms with E-state index in [9.17, 15) is 0 Å². The van der Waals surface area contributed by atoms with Crippen LogP contribution in [0.1, 0.15) is 12.8 Å². The average Bonchev–Trinajstić information content (AvgIpc) is 2.49. The third-order valence-electron chi connectivity index (χ3n) is 2.80. The number of oxime groups is 1. The highest BCUT2D eigenvalue weighted by molar-refractivity contribution is 9.10. The number of anilines is 1. The van der Waals surface area contributed by atoms with E-state index in [2.05, 4.69) is 36.0 Å². The number of halogens is 1. The highest BCUT2D eigenvalue weighted by Gasteiger charge is 2.17. The molecule has 2 rings (SSSR count). The fourth-order valence-electron chi connectivity index (χ4n) is 1.82. The number of rotatable bonds is 6. The van der Waals surface area contributed by atoms with Gasteiger partial charge in [-0.25, -0.2) is 9.97 Å². The minimum Gasteiger partial charge on any atom is -0.393 e. The maximum atomic E-state index is 5.23. The van der Waals surface area contributed by atoms with E-state index in [1.54, 1.807) is 12.4 Å². The molecule has 1 fully saturated rings. The minimum absolute atomic E-state index is 0.490. The van der Waals surface area contributed by atoms with Crippen LogP contribution in [-0.2, 0) is 9.02 Å². The Morgan fingerprint density at radius 1 is 1.30 bits per heavy atom. The lowest BCUT2D eigenvalue weighted by molar-refractivity contribution is 0.113. The van der Waals surface area contributed by atoms with E-state index in [1.165, 1.54) is 12.0 Å². The lowest BCUT2D eigenvalue weighted by Gasteiger charge is -2.27. The van der Waals surface area contributed by atoms with E-state index in [4.69, 9.17) is 9.02 Å². The van der Waals surface area contributed by atoms with Crippen molar-refractivity contribution in [2.75, 3.05) is 37.5 Å². The molecule has 8 heteroatoms. The van der Waals surface area contributed by atoms with Gasteiger partial charge in [0.05, 0.1) is 16.8 Å². The Bertz CT molecular complexity index is 434. The van der Waals surface area contributed by atoms with Gasteiger partial charge in [-0.2, -0.15) is 0 Å². The van der Waals surface area contributed by atoms with Crippen molar-refractivity contribution >= 4 is 39.6 Å². The van der Waals surface area contributed by atoms with Gasteiger partial charge in [0.2, 0.25) is 5.95 Å². The lowest BCUT2D eigenvalue weighted by atomic mass is 10.1. The Hall–Kier alpha value is -0.860. The quantitative estimate of drug-likeness (QED) is 0.441. The molecule has 0 saturated carbocycles. The van der Waals surface area contributed by atoms with Crippen LogP contribution < -0.4 is 4.90 Å². The summed E-state index contributed by atoms with van der Waals surface area (Å²) in [6.07, 6.45) is 7.17. The second-order valence-electron chi connectivity index (χ2n) is 4.17. The van der Waals surface area contributed by atoms with Gasteiger partial charge in [0.15, 0.2) is 0 Å². The highest BCUT2D eigenvalue weighted by Crippen LogP contribution is 2.15. The topological polar surface area (TPSA) is 59.8 Å². The van der Waals surface area contributed by atoms with E-state index >= 15 is 0 Å². The van der Waals surface area contributed by atoms with Crippen LogP contribution in [0.25, 0.3) is 0 Å². The smallest absolute Gasteiger partial charge is 0.225 e. The zero-order chi connectivity index (χ0) is 14.2. The third kappa shape index (κ3) is 4.92. The zero-order valence-electron chi connectivity index (χ0n) is 11.3. The molecule has 0 atom stereocenters. The molecule has 1 aliphatic heterocycles. The molecule has 2 heterocycles. The van der Waals surface area contributed by atoms with Crippen molar-refractivity contribution < 1.29 is 9.02 Å². The number of aromatic nitrogens is 2. The van der Waals surface area contributed by atoms with Crippen LogP contribution in [0.2, 0.25) is 0 Å². The molecule has 0 radical (unpaired) electrons. The summed E-state index contributed by atoms with van der Waals surface area (Å²) in [6, 6.07) is 0. The first-order valence-electron chi connectivity index (χ1n) is 6.35. The van der Waals surface area contributed by atoms with Crippen LogP contribution in [0.3, 0.4) is 0 Å². The molecule has 0 bridgehead atoms. The van der Waals surface area contributed by atoms with Crippen molar-refractivity contribution in [1.29, 1.82) is 0 Å². The first-order chi connectivity index (χ1) is 9.79. The third-order valence-corrected chi connectivity index (χ3v) is 3.61.